The number of hydrogen-bond acceptors (Lipinski definition) is 5. The highest BCUT2D eigenvalue weighted by Gasteiger charge is 2.37. The maximum Gasteiger partial charge on any atom is 0.330 e. The summed E-state index contributed by atoms with van der Waals surface area (Å²) in [7, 11) is 0. The Bertz CT molecular complexity index is 1250. The predicted molar refractivity (Wildman–Crippen MR) is 138 cm³/mol. The summed E-state index contributed by atoms with van der Waals surface area (Å²) in [6, 6.07) is 30.1. The highest BCUT2D eigenvalue weighted by Crippen LogP contribution is 2.40. The summed E-state index contributed by atoms with van der Waals surface area (Å²) in [5.41, 5.74) is 1.39. The quantitative estimate of drug-likeness (QED) is 0.249. The summed E-state index contributed by atoms with van der Waals surface area (Å²) in [6.45, 7) is 1.79. The van der Waals surface area contributed by atoms with Crippen LogP contribution in [0.3, 0.4) is 0 Å². The zero-order chi connectivity index (χ0) is 25.4. The molecule has 0 radical (unpaired) electrons. The lowest BCUT2D eigenvalue weighted by atomic mass is 9.80. The molecule has 4 rings (SSSR count). The summed E-state index contributed by atoms with van der Waals surface area (Å²) < 4.78 is 14.0. The summed E-state index contributed by atoms with van der Waals surface area (Å²) >= 11 is 0. The van der Waals surface area contributed by atoms with Crippen LogP contribution < -0.4 is 11.2 Å². The minimum absolute atomic E-state index is 0.156. The molecule has 0 bridgehead atoms. The van der Waals surface area contributed by atoms with Crippen molar-refractivity contribution in [2.45, 2.75) is 25.2 Å². The lowest BCUT2D eigenvalue weighted by molar-refractivity contribution is -0.0703. The predicted octanol–water partition coefficient (Wildman–Crippen LogP) is 3.75. The van der Waals surface area contributed by atoms with Gasteiger partial charge in [0.2, 0.25) is 0 Å². The lowest BCUT2D eigenvalue weighted by Gasteiger charge is -2.36. The molecule has 7 nitrogen and oxygen atoms in total. The van der Waals surface area contributed by atoms with Crippen molar-refractivity contribution in [3.05, 3.63) is 140 Å². The second kappa shape index (κ2) is 11.8. The Kier molecular flexibility index (Phi) is 8.28. The zero-order valence-electron chi connectivity index (χ0n) is 20.2. The number of aryl methyl sites for hydroxylation is 1. The fourth-order valence-electron chi connectivity index (χ4n) is 4.36. The summed E-state index contributed by atoms with van der Waals surface area (Å²) in [4.78, 5) is 26.4. The number of H-pyrrole nitrogens is 1. The first-order valence-electron chi connectivity index (χ1n) is 11.9. The number of hydrogen-bond donors (Lipinski definition) is 2. The van der Waals surface area contributed by atoms with Crippen molar-refractivity contribution in [2.24, 2.45) is 0 Å². The molecule has 0 amide bonds. The van der Waals surface area contributed by atoms with E-state index in [4.69, 9.17) is 9.47 Å². The smallest absolute Gasteiger partial charge is 0.330 e. The molecule has 1 aromatic heterocycles. The molecule has 0 saturated carbocycles. The van der Waals surface area contributed by atoms with Gasteiger partial charge in [-0.15, -0.1) is 0 Å². The second-order valence-electron chi connectivity index (χ2n) is 8.44. The molecule has 4 aromatic rings. The van der Waals surface area contributed by atoms with Crippen LogP contribution in [0.1, 0.15) is 34.9 Å². The summed E-state index contributed by atoms with van der Waals surface area (Å²) in [5.74, 6) is 0. The average Bonchev–Trinajstić information content (AvgIpc) is 2.92. The van der Waals surface area contributed by atoms with Crippen molar-refractivity contribution >= 4 is 0 Å². The molecule has 0 aliphatic heterocycles. The minimum Gasteiger partial charge on any atom is -0.396 e. The van der Waals surface area contributed by atoms with Crippen molar-refractivity contribution in [2.75, 3.05) is 19.8 Å². The van der Waals surface area contributed by atoms with Crippen LogP contribution in [0.25, 0.3) is 0 Å². The molecule has 0 saturated heterocycles. The SMILES string of the molecule is Cc1cn([C@@H](CCO)OCCOC(c2ccccc2)(c2ccccc2)c2ccccc2)c(=O)[nH]c1=O. The highest BCUT2D eigenvalue weighted by molar-refractivity contribution is 5.47. The minimum atomic E-state index is -0.884. The van der Waals surface area contributed by atoms with Crippen LogP contribution in [0.5, 0.6) is 0 Å². The van der Waals surface area contributed by atoms with E-state index in [9.17, 15) is 14.7 Å². The number of aromatic nitrogens is 2. The maximum absolute atomic E-state index is 12.4. The number of benzene rings is 3. The van der Waals surface area contributed by atoms with Crippen LogP contribution in [-0.4, -0.2) is 34.5 Å². The van der Waals surface area contributed by atoms with Crippen LogP contribution in [0, 0.1) is 6.92 Å². The number of nitrogens with one attached hydrogen (secondary N) is 1. The van der Waals surface area contributed by atoms with Gasteiger partial charge in [0.15, 0.2) is 0 Å². The average molecular weight is 487 g/mol. The lowest BCUT2D eigenvalue weighted by Crippen LogP contribution is -2.36. The largest absolute Gasteiger partial charge is 0.396 e. The van der Waals surface area contributed by atoms with Crippen LogP contribution in [0.15, 0.2) is 107 Å². The van der Waals surface area contributed by atoms with Gasteiger partial charge in [-0.05, 0) is 23.6 Å². The summed E-state index contributed by atoms with van der Waals surface area (Å²) in [6.07, 6.45) is 0.887. The molecule has 0 fully saturated rings. The second-order valence-corrected chi connectivity index (χ2v) is 8.44. The standard InChI is InChI=1S/C29H30N2O5/c1-22-21-31(28(34)30-27(22)33)26(17-18-32)35-19-20-36-29(23-11-5-2-6-12-23,24-13-7-3-8-14-24)25-15-9-4-10-16-25/h2-16,21,26,32H,17-20H2,1H3,(H,30,33,34)/t26-/m1/s1. The molecule has 186 valence electrons. The third-order valence-corrected chi connectivity index (χ3v) is 6.09. The first-order chi connectivity index (χ1) is 17.6. The molecular formula is C29H30N2O5. The molecule has 0 spiro atoms. The zero-order valence-corrected chi connectivity index (χ0v) is 20.2. The van der Waals surface area contributed by atoms with Crippen LogP contribution in [-0.2, 0) is 15.1 Å². The fourth-order valence-corrected chi connectivity index (χ4v) is 4.36. The number of aromatic amines is 1. The number of aliphatic hydroxyl groups is 1. The van der Waals surface area contributed by atoms with E-state index in [1.165, 1.54) is 10.8 Å². The van der Waals surface area contributed by atoms with E-state index >= 15 is 0 Å². The third kappa shape index (κ3) is 5.39. The first kappa shape index (κ1) is 25.3. The maximum atomic E-state index is 12.4. The number of aliphatic hydroxyl groups excluding tert-OH is 1. The van der Waals surface area contributed by atoms with Gasteiger partial charge in [0, 0.05) is 24.8 Å². The number of ether oxygens (including phenoxy) is 2. The van der Waals surface area contributed by atoms with Crippen molar-refractivity contribution in [1.29, 1.82) is 0 Å². The normalized spacial score (nSPS) is 12.4. The van der Waals surface area contributed by atoms with Crippen LogP contribution >= 0.6 is 0 Å². The van der Waals surface area contributed by atoms with E-state index < -0.39 is 23.1 Å². The molecule has 0 unspecified atom stereocenters. The van der Waals surface area contributed by atoms with E-state index in [2.05, 4.69) is 4.98 Å². The van der Waals surface area contributed by atoms with Gasteiger partial charge in [0.25, 0.3) is 5.56 Å². The van der Waals surface area contributed by atoms with Gasteiger partial charge in [0.05, 0.1) is 13.2 Å². The Morgan fingerprint density at radius 3 is 1.81 bits per heavy atom. The van der Waals surface area contributed by atoms with Gasteiger partial charge in [0.1, 0.15) is 11.8 Å². The number of rotatable bonds is 11. The fraction of sp³-hybridized carbons (Fsp3) is 0.241. The van der Waals surface area contributed by atoms with Gasteiger partial charge in [-0.3, -0.25) is 14.3 Å². The number of nitrogens with zero attached hydrogens (tertiary/aromatic N) is 1. The van der Waals surface area contributed by atoms with Crippen molar-refractivity contribution in [1.82, 2.24) is 9.55 Å². The Morgan fingerprint density at radius 1 is 0.833 bits per heavy atom. The molecule has 7 heteroatoms. The molecule has 0 aliphatic carbocycles. The van der Waals surface area contributed by atoms with Gasteiger partial charge in [-0.25, -0.2) is 4.79 Å². The van der Waals surface area contributed by atoms with Crippen molar-refractivity contribution < 1.29 is 14.6 Å². The van der Waals surface area contributed by atoms with Crippen molar-refractivity contribution in [3.63, 3.8) is 0 Å². The monoisotopic (exact) mass is 486 g/mol. The van der Waals surface area contributed by atoms with Gasteiger partial charge in [-0.2, -0.15) is 0 Å². The van der Waals surface area contributed by atoms with Gasteiger partial charge >= 0.3 is 5.69 Å². The third-order valence-electron chi connectivity index (χ3n) is 6.09. The topological polar surface area (TPSA) is 93.6 Å². The summed E-state index contributed by atoms with van der Waals surface area (Å²) in [5, 5.41) is 9.55. The Labute approximate surface area is 209 Å². The Morgan fingerprint density at radius 2 is 1.33 bits per heavy atom. The van der Waals surface area contributed by atoms with Crippen LogP contribution in [0.4, 0.5) is 0 Å². The first-order valence-corrected chi connectivity index (χ1v) is 11.9. The van der Waals surface area contributed by atoms with E-state index in [0.29, 0.717) is 5.56 Å². The van der Waals surface area contributed by atoms with E-state index in [0.717, 1.165) is 16.7 Å². The molecule has 36 heavy (non-hydrogen) atoms. The Balaban J connectivity index is 1.64. The van der Waals surface area contributed by atoms with Crippen LogP contribution in [0.2, 0.25) is 0 Å². The molecule has 0 aliphatic rings. The molecule has 1 heterocycles. The van der Waals surface area contributed by atoms with Crippen molar-refractivity contribution in [3.8, 4) is 0 Å². The van der Waals surface area contributed by atoms with Gasteiger partial charge < -0.3 is 14.6 Å². The molecule has 3 aromatic carbocycles. The molecule has 2 N–H and O–H groups in total. The van der Waals surface area contributed by atoms with E-state index in [1.807, 2.05) is 91.0 Å². The molecular weight excluding hydrogens is 456 g/mol. The van der Waals surface area contributed by atoms with Gasteiger partial charge in [-0.1, -0.05) is 91.0 Å². The van der Waals surface area contributed by atoms with E-state index in [-0.39, 0.29) is 26.2 Å². The van der Waals surface area contributed by atoms with E-state index in [1.54, 1.807) is 6.92 Å². The molecule has 1 atom stereocenters. The highest BCUT2D eigenvalue weighted by atomic mass is 16.5. The Hall–Kier alpha value is -3.78.